The number of hydrogen-bond acceptors (Lipinski definition) is 3. The third-order valence-corrected chi connectivity index (χ3v) is 5.08. The molecular weight excluding hydrogens is 394 g/mol. The molecule has 3 atom stereocenters. The second-order valence-electron chi connectivity index (χ2n) is 6.67. The van der Waals surface area contributed by atoms with Crippen molar-refractivity contribution in [3.05, 3.63) is 63.6 Å². The number of aliphatic hydroxyl groups is 1. The van der Waals surface area contributed by atoms with Gasteiger partial charge in [-0.15, -0.1) is 0 Å². The Hall–Kier alpha value is -1.85. The first kappa shape index (κ1) is 20.5. The minimum Gasteiger partial charge on any atom is -0.480 e. The molecule has 2 rings (SSSR count). The second kappa shape index (κ2) is 8.69. The average molecular weight is 420 g/mol. The number of nitrogens with zero attached hydrogens (tertiary/aromatic N) is 1. The fourth-order valence-corrected chi connectivity index (χ4v) is 3.63. The van der Waals surface area contributed by atoms with Gasteiger partial charge in [0.2, 0.25) is 0 Å². The zero-order valence-corrected chi connectivity index (χ0v) is 17.4. The predicted molar refractivity (Wildman–Crippen MR) is 107 cm³/mol. The van der Waals surface area contributed by atoms with Gasteiger partial charge in [0, 0.05) is 11.5 Å². The molecule has 3 unspecified atom stereocenters. The summed E-state index contributed by atoms with van der Waals surface area (Å²) in [5, 5.41) is 10.6. The number of hydrogen-bond donors (Lipinski definition) is 1. The van der Waals surface area contributed by atoms with Crippen LogP contribution in [-0.2, 0) is 4.79 Å². The first-order valence-electron chi connectivity index (χ1n) is 8.65. The highest BCUT2D eigenvalue weighted by atomic mass is 79.9. The van der Waals surface area contributed by atoms with E-state index >= 15 is 0 Å². The van der Waals surface area contributed by atoms with E-state index in [0.29, 0.717) is 0 Å². The number of carbonyl (C=O) groups is 1. The summed E-state index contributed by atoms with van der Waals surface area (Å²) in [6.07, 6.45) is -1.41. The fourth-order valence-electron chi connectivity index (χ4n) is 2.94. The Morgan fingerprint density at radius 2 is 1.65 bits per heavy atom. The number of ether oxygens (including phenoxy) is 1. The number of halogens is 1. The molecule has 1 amide bonds. The van der Waals surface area contributed by atoms with Gasteiger partial charge >= 0.3 is 0 Å². The van der Waals surface area contributed by atoms with Crippen molar-refractivity contribution in [2.75, 3.05) is 7.05 Å². The van der Waals surface area contributed by atoms with Gasteiger partial charge in [0.1, 0.15) is 5.75 Å². The van der Waals surface area contributed by atoms with Crippen molar-refractivity contribution in [3.8, 4) is 5.75 Å². The molecule has 26 heavy (non-hydrogen) atoms. The molecule has 2 aromatic rings. The molecule has 0 fully saturated rings. The molecule has 5 heteroatoms. The van der Waals surface area contributed by atoms with Crippen molar-refractivity contribution in [3.63, 3.8) is 0 Å². The van der Waals surface area contributed by atoms with Crippen LogP contribution in [-0.4, -0.2) is 35.1 Å². The molecule has 0 aliphatic rings. The van der Waals surface area contributed by atoms with Crippen LogP contribution in [0.25, 0.3) is 0 Å². The molecule has 140 valence electrons. The molecule has 0 bridgehead atoms. The van der Waals surface area contributed by atoms with Crippen molar-refractivity contribution in [2.45, 2.75) is 45.9 Å². The van der Waals surface area contributed by atoms with Gasteiger partial charge in [-0.2, -0.15) is 0 Å². The lowest BCUT2D eigenvalue weighted by atomic mass is 10.0. The Labute approximate surface area is 163 Å². The van der Waals surface area contributed by atoms with E-state index in [-0.39, 0.29) is 11.9 Å². The van der Waals surface area contributed by atoms with Crippen molar-refractivity contribution >= 4 is 21.8 Å². The number of likely N-dealkylation sites (N-methyl/N-ethyl adjacent to an activating group) is 1. The molecule has 0 radical (unpaired) electrons. The van der Waals surface area contributed by atoms with Crippen molar-refractivity contribution in [2.24, 2.45) is 0 Å². The fraction of sp³-hybridized carbons (Fsp3) is 0.381. The van der Waals surface area contributed by atoms with E-state index in [2.05, 4.69) is 15.9 Å². The minimum atomic E-state index is -0.756. The third kappa shape index (κ3) is 4.65. The number of rotatable bonds is 6. The highest BCUT2D eigenvalue weighted by Gasteiger charge is 2.28. The second-order valence-corrected chi connectivity index (χ2v) is 7.59. The van der Waals surface area contributed by atoms with Gasteiger partial charge in [-0.25, -0.2) is 0 Å². The molecule has 0 saturated heterocycles. The number of aliphatic hydroxyl groups excluding tert-OH is 1. The standard InChI is InChI=1S/C21H26BrNO3/c1-13-11-18(22)12-14(2)20(13)26-16(4)21(25)23(5)15(3)19(24)17-9-7-6-8-10-17/h6-12,15-16,19,24H,1-5H3. The molecule has 0 aromatic heterocycles. The lowest BCUT2D eigenvalue weighted by Crippen LogP contribution is -2.45. The number of amides is 1. The maximum Gasteiger partial charge on any atom is 0.263 e. The van der Waals surface area contributed by atoms with Gasteiger partial charge in [0.05, 0.1) is 12.1 Å². The van der Waals surface area contributed by atoms with Crippen LogP contribution >= 0.6 is 15.9 Å². The van der Waals surface area contributed by atoms with E-state index in [1.807, 2.05) is 63.2 Å². The minimum absolute atomic E-state index is 0.172. The van der Waals surface area contributed by atoms with Crippen LogP contribution in [0.2, 0.25) is 0 Å². The Morgan fingerprint density at radius 3 is 2.19 bits per heavy atom. The van der Waals surface area contributed by atoms with Crippen LogP contribution in [0.1, 0.15) is 36.6 Å². The van der Waals surface area contributed by atoms with Crippen LogP contribution in [0.15, 0.2) is 46.9 Å². The molecule has 4 nitrogen and oxygen atoms in total. The summed E-state index contributed by atoms with van der Waals surface area (Å²) in [4.78, 5) is 14.3. The summed E-state index contributed by atoms with van der Waals surface area (Å²) in [5.41, 5.74) is 2.72. The summed E-state index contributed by atoms with van der Waals surface area (Å²) in [6, 6.07) is 12.9. The molecule has 1 N–H and O–H groups in total. The van der Waals surface area contributed by atoms with Crippen LogP contribution in [0, 0.1) is 13.8 Å². The first-order valence-corrected chi connectivity index (χ1v) is 9.44. The molecule has 0 heterocycles. The number of carbonyl (C=O) groups excluding carboxylic acids is 1. The molecule has 0 aliphatic heterocycles. The third-order valence-electron chi connectivity index (χ3n) is 4.62. The average Bonchev–Trinajstić information content (AvgIpc) is 2.62. The zero-order chi connectivity index (χ0) is 19.4. The lowest BCUT2D eigenvalue weighted by Gasteiger charge is -2.31. The van der Waals surface area contributed by atoms with Crippen molar-refractivity contribution in [1.82, 2.24) is 4.90 Å². The Morgan fingerprint density at radius 1 is 1.12 bits per heavy atom. The predicted octanol–water partition coefficient (Wildman–Crippen LogP) is 4.41. The first-order chi connectivity index (χ1) is 12.2. The molecule has 0 spiro atoms. The molecular formula is C21H26BrNO3. The van der Waals surface area contributed by atoms with Gasteiger partial charge < -0.3 is 14.7 Å². The molecule has 0 saturated carbocycles. The highest BCUT2D eigenvalue weighted by Crippen LogP contribution is 2.29. The summed E-state index contributed by atoms with van der Waals surface area (Å²) in [7, 11) is 1.69. The quantitative estimate of drug-likeness (QED) is 0.753. The maximum atomic E-state index is 12.8. The van der Waals surface area contributed by atoms with Gasteiger partial charge in [-0.3, -0.25) is 4.79 Å². The van der Waals surface area contributed by atoms with E-state index in [4.69, 9.17) is 4.74 Å². The lowest BCUT2D eigenvalue weighted by molar-refractivity contribution is -0.140. The summed E-state index contributed by atoms with van der Waals surface area (Å²) < 4.78 is 6.94. The maximum absolute atomic E-state index is 12.8. The van der Waals surface area contributed by atoms with Gasteiger partial charge in [-0.05, 0) is 56.5 Å². The normalized spacial score (nSPS) is 14.4. The largest absolute Gasteiger partial charge is 0.480 e. The van der Waals surface area contributed by atoms with E-state index in [1.54, 1.807) is 18.9 Å². The Kier molecular flexibility index (Phi) is 6.84. The number of aryl methyl sites for hydroxylation is 2. The van der Waals surface area contributed by atoms with Crippen molar-refractivity contribution in [1.29, 1.82) is 0 Å². The van der Waals surface area contributed by atoms with Gasteiger partial charge in [0.15, 0.2) is 6.10 Å². The van der Waals surface area contributed by atoms with E-state index < -0.39 is 12.2 Å². The van der Waals surface area contributed by atoms with Crippen LogP contribution < -0.4 is 4.74 Å². The van der Waals surface area contributed by atoms with E-state index in [9.17, 15) is 9.90 Å². The summed E-state index contributed by atoms with van der Waals surface area (Å²) >= 11 is 3.46. The number of benzene rings is 2. The Balaban J connectivity index is 2.10. The highest BCUT2D eigenvalue weighted by molar-refractivity contribution is 9.10. The zero-order valence-electron chi connectivity index (χ0n) is 15.9. The van der Waals surface area contributed by atoms with E-state index in [0.717, 1.165) is 26.9 Å². The van der Waals surface area contributed by atoms with Crippen LogP contribution in [0.3, 0.4) is 0 Å². The topological polar surface area (TPSA) is 49.8 Å². The van der Waals surface area contributed by atoms with Gasteiger partial charge in [-0.1, -0.05) is 46.3 Å². The summed E-state index contributed by atoms with van der Waals surface area (Å²) in [5.74, 6) is 0.549. The van der Waals surface area contributed by atoms with Crippen LogP contribution in [0.4, 0.5) is 0 Å². The SMILES string of the molecule is Cc1cc(Br)cc(C)c1OC(C)C(=O)N(C)C(C)C(O)c1ccccc1. The summed E-state index contributed by atoms with van der Waals surface area (Å²) in [6.45, 7) is 7.48. The Bertz CT molecular complexity index is 740. The van der Waals surface area contributed by atoms with Crippen molar-refractivity contribution < 1.29 is 14.6 Å². The smallest absolute Gasteiger partial charge is 0.263 e. The monoisotopic (exact) mass is 419 g/mol. The van der Waals surface area contributed by atoms with E-state index in [1.165, 1.54) is 0 Å². The molecule has 0 aliphatic carbocycles. The van der Waals surface area contributed by atoms with Crippen LogP contribution in [0.5, 0.6) is 5.75 Å². The molecule has 2 aromatic carbocycles. The van der Waals surface area contributed by atoms with Gasteiger partial charge in [0.25, 0.3) is 5.91 Å².